The average Bonchev–Trinajstić information content (AvgIpc) is 2.25. The fourth-order valence-electron chi connectivity index (χ4n) is 1.59. The lowest BCUT2D eigenvalue weighted by atomic mass is 10.2. The summed E-state index contributed by atoms with van der Waals surface area (Å²) in [5, 5.41) is 0. The van der Waals surface area contributed by atoms with E-state index in [1.807, 2.05) is 0 Å². The van der Waals surface area contributed by atoms with Crippen molar-refractivity contribution in [2.45, 2.75) is 24.8 Å². The van der Waals surface area contributed by atoms with Crippen LogP contribution in [0.1, 0.15) is 19.3 Å². The second-order valence-electron chi connectivity index (χ2n) is 3.07. The number of hydrogen-bond donors (Lipinski definition) is 1. The van der Waals surface area contributed by atoms with Crippen LogP contribution in [-0.4, -0.2) is 35.9 Å². The van der Waals surface area contributed by atoms with Crippen molar-refractivity contribution in [3.05, 3.63) is 6.92 Å². The number of hydrogen-bond acceptors (Lipinski definition) is 4. The summed E-state index contributed by atoms with van der Waals surface area (Å²) in [5.41, 5.74) is 0.273. The second kappa shape index (κ2) is 7.70. The van der Waals surface area contributed by atoms with E-state index in [4.69, 9.17) is 13.3 Å². The molecule has 14 heavy (non-hydrogen) atoms. The van der Waals surface area contributed by atoms with E-state index >= 15 is 0 Å². The molecule has 5 heteroatoms. The van der Waals surface area contributed by atoms with Crippen LogP contribution in [0.4, 0.5) is 0 Å². The maximum atomic E-state index is 5.42. The first-order valence-corrected chi connectivity index (χ1v) is 7.19. The molecule has 0 aromatic carbocycles. The second-order valence-corrected chi connectivity index (χ2v) is 6.76. The zero-order valence-corrected chi connectivity index (χ0v) is 11.2. The minimum absolute atomic E-state index is 0.273. The van der Waals surface area contributed by atoms with E-state index in [-0.39, 0.29) is 5.54 Å². The van der Waals surface area contributed by atoms with Crippen LogP contribution in [0.15, 0.2) is 0 Å². The Morgan fingerprint density at radius 2 is 1.71 bits per heavy atom. The zero-order chi connectivity index (χ0) is 11.0. The highest BCUT2D eigenvalue weighted by Crippen LogP contribution is 2.31. The van der Waals surface area contributed by atoms with E-state index in [0.717, 1.165) is 25.0 Å². The Morgan fingerprint density at radius 1 is 1.21 bits per heavy atom. The monoisotopic (exact) mass is 237 g/mol. The van der Waals surface area contributed by atoms with Crippen molar-refractivity contribution < 1.29 is 13.3 Å². The molecule has 0 aromatic rings. The summed E-state index contributed by atoms with van der Waals surface area (Å²) in [4.78, 5) is 0. The molecule has 0 N–H and O–H groups in total. The largest absolute Gasteiger partial charge is 0.503 e. The van der Waals surface area contributed by atoms with E-state index in [0.29, 0.717) is 0 Å². The van der Waals surface area contributed by atoms with Crippen LogP contribution >= 0.6 is 12.6 Å². The third-order valence-electron chi connectivity index (χ3n) is 2.41. The quantitative estimate of drug-likeness (QED) is 0.518. The first kappa shape index (κ1) is 14.4. The average molecular weight is 237 g/mol. The van der Waals surface area contributed by atoms with Crippen molar-refractivity contribution in [3.8, 4) is 0 Å². The Hall–Kier alpha value is 0.447. The molecule has 1 unspecified atom stereocenters. The molecule has 0 saturated carbocycles. The van der Waals surface area contributed by atoms with Gasteiger partial charge in [0, 0.05) is 26.9 Å². The molecule has 0 amide bonds. The van der Waals surface area contributed by atoms with Crippen LogP contribution in [0.25, 0.3) is 0 Å². The maximum Gasteiger partial charge on any atom is 0.503 e. The van der Waals surface area contributed by atoms with Gasteiger partial charge in [0.25, 0.3) is 0 Å². The van der Waals surface area contributed by atoms with Crippen molar-refractivity contribution in [1.29, 1.82) is 0 Å². The van der Waals surface area contributed by atoms with Crippen molar-refractivity contribution in [3.63, 3.8) is 0 Å². The van der Waals surface area contributed by atoms with Crippen LogP contribution in [0.5, 0.6) is 0 Å². The third-order valence-corrected chi connectivity index (χ3v) is 6.01. The van der Waals surface area contributed by atoms with Crippen LogP contribution in [-0.2, 0) is 13.3 Å². The molecule has 1 atom stereocenters. The summed E-state index contributed by atoms with van der Waals surface area (Å²) in [7, 11) is 2.44. The predicted octanol–water partition coefficient (Wildman–Crippen LogP) is 2.17. The Morgan fingerprint density at radius 3 is 2.00 bits per heavy atom. The van der Waals surface area contributed by atoms with Gasteiger partial charge >= 0.3 is 8.80 Å². The van der Waals surface area contributed by atoms with Gasteiger partial charge in [-0.25, -0.2) is 0 Å². The molecular weight excluding hydrogens is 216 g/mol. The molecule has 0 heterocycles. The molecular formula is C9H21O3SSi. The Bertz CT molecular complexity index is 134. The summed E-state index contributed by atoms with van der Waals surface area (Å²) in [6.45, 7) is 3.92. The Labute approximate surface area is 93.9 Å². The van der Waals surface area contributed by atoms with E-state index in [9.17, 15) is 0 Å². The normalized spacial score (nSPS) is 14.4. The van der Waals surface area contributed by atoms with E-state index in [1.165, 1.54) is 0 Å². The van der Waals surface area contributed by atoms with Gasteiger partial charge in [-0.15, -0.1) is 0 Å². The lowest BCUT2D eigenvalue weighted by Crippen LogP contribution is -2.47. The van der Waals surface area contributed by atoms with Gasteiger partial charge in [-0.2, -0.15) is 12.6 Å². The van der Waals surface area contributed by atoms with Crippen molar-refractivity contribution in [1.82, 2.24) is 0 Å². The molecule has 3 nitrogen and oxygen atoms in total. The van der Waals surface area contributed by atoms with Crippen LogP contribution < -0.4 is 0 Å². The Kier molecular flexibility index (Phi) is 7.95. The summed E-state index contributed by atoms with van der Waals surface area (Å²) in [5.74, 6) is 0.873. The van der Waals surface area contributed by atoms with Gasteiger partial charge in [0.2, 0.25) is 0 Å². The minimum Gasteiger partial charge on any atom is -0.377 e. The third kappa shape index (κ3) is 3.55. The molecule has 0 rings (SSSR count). The molecule has 0 bridgehead atoms. The summed E-state index contributed by atoms with van der Waals surface area (Å²) < 4.78 is 16.2. The van der Waals surface area contributed by atoms with Crippen molar-refractivity contribution >= 4 is 21.4 Å². The highest BCUT2D eigenvalue weighted by atomic mass is 32.1. The first-order chi connectivity index (χ1) is 6.70. The SMILES string of the molecule is [CH2]CC(CCCS)[Si](OC)(OC)OC. The van der Waals surface area contributed by atoms with Gasteiger partial charge in [-0.1, -0.05) is 6.92 Å². The van der Waals surface area contributed by atoms with E-state index < -0.39 is 8.80 Å². The van der Waals surface area contributed by atoms with Crippen molar-refractivity contribution in [2.75, 3.05) is 27.1 Å². The smallest absolute Gasteiger partial charge is 0.377 e. The summed E-state index contributed by atoms with van der Waals surface area (Å²) in [6, 6.07) is 0. The maximum absolute atomic E-state index is 5.42. The molecule has 0 spiro atoms. The molecule has 0 aliphatic carbocycles. The lowest BCUT2D eigenvalue weighted by molar-refractivity contribution is 0.109. The first-order valence-electron chi connectivity index (χ1n) is 4.76. The number of rotatable bonds is 8. The molecule has 0 saturated heterocycles. The molecule has 0 fully saturated rings. The minimum atomic E-state index is -2.48. The van der Waals surface area contributed by atoms with E-state index in [2.05, 4.69) is 19.6 Å². The zero-order valence-electron chi connectivity index (χ0n) is 9.28. The molecule has 0 aromatic heterocycles. The Balaban J connectivity index is 4.40. The predicted molar refractivity (Wildman–Crippen MR) is 63.6 cm³/mol. The van der Waals surface area contributed by atoms with Gasteiger partial charge in [-0.3, -0.25) is 0 Å². The standard InChI is InChI=1S/C9H21O3SSi/c1-5-9(7-6-8-13)14(10-2,11-3)12-4/h9,13H,1,5-8H2,2-4H3. The molecule has 0 aliphatic heterocycles. The van der Waals surface area contributed by atoms with E-state index in [1.54, 1.807) is 21.3 Å². The highest BCUT2D eigenvalue weighted by Gasteiger charge is 2.45. The van der Waals surface area contributed by atoms with Gasteiger partial charge in [0.05, 0.1) is 0 Å². The van der Waals surface area contributed by atoms with Gasteiger partial charge < -0.3 is 13.3 Å². The molecule has 85 valence electrons. The lowest BCUT2D eigenvalue weighted by Gasteiger charge is -2.31. The van der Waals surface area contributed by atoms with Crippen molar-refractivity contribution in [2.24, 2.45) is 0 Å². The summed E-state index contributed by atoms with van der Waals surface area (Å²) in [6.07, 6.45) is 2.80. The summed E-state index contributed by atoms with van der Waals surface area (Å²) >= 11 is 4.19. The molecule has 1 radical (unpaired) electrons. The van der Waals surface area contributed by atoms with Gasteiger partial charge in [0.1, 0.15) is 0 Å². The topological polar surface area (TPSA) is 27.7 Å². The highest BCUT2D eigenvalue weighted by molar-refractivity contribution is 7.80. The number of thiol groups is 1. The fourth-order valence-corrected chi connectivity index (χ4v) is 4.18. The fraction of sp³-hybridized carbons (Fsp3) is 0.889. The van der Waals surface area contributed by atoms with Crippen LogP contribution in [0.2, 0.25) is 5.54 Å². The van der Waals surface area contributed by atoms with Gasteiger partial charge in [-0.05, 0) is 25.0 Å². The van der Waals surface area contributed by atoms with Crippen LogP contribution in [0, 0.1) is 6.92 Å². The van der Waals surface area contributed by atoms with Crippen LogP contribution in [0.3, 0.4) is 0 Å². The van der Waals surface area contributed by atoms with Gasteiger partial charge in [0.15, 0.2) is 0 Å². The molecule has 0 aliphatic rings.